The molecule has 4 rings (SSSR count). The summed E-state index contributed by atoms with van der Waals surface area (Å²) < 4.78 is 21.9. The molecule has 244 valence electrons. The molecule has 2 N–H and O–H groups in total. The summed E-state index contributed by atoms with van der Waals surface area (Å²) in [5.41, 5.74) is -0.419. The van der Waals surface area contributed by atoms with Crippen LogP contribution in [0.25, 0.3) is 0 Å². The number of carbonyl (C=O) groups excluding carboxylic acids is 4. The van der Waals surface area contributed by atoms with Crippen LogP contribution in [-0.2, 0) is 38.1 Å². The number of aliphatic hydroxyl groups excluding tert-OH is 2. The van der Waals surface area contributed by atoms with E-state index in [-0.39, 0.29) is 84.3 Å². The number of hydrogen-bond acceptors (Lipinski definition) is 10. The van der Waals surface area contributed by atoms with Crippen molar-refractivity contribution in [3.8, 4) is 0 Å². The number of hydrogen-bond donors (Lipinski definition) is 2. The Kier molecular flexibility index (Phi) is 10.8. The van der Waals surface area contributed by atoms with E-state index in [0.717, 1.165) is 32.1 Å². The molecular weight excluding hydrogens is 556 g/mol. The molecule has 0 amide bonds. The maximum absolute atomic E-state index is 12.5. The van der Waals surface area contributed by atoms with Crippen molar-refractivity contribution >= 4 is 24.9 Å². The highest BCUT2D eigenvalue weighted by atomic mass is 16.6. The SMILES string of the molecule is CCOC(=O)C(C(=O)OCC)[C@H](O)CC[C@@H](C)[C@H]1CC[C@H]2[C@@H]3[C@H](OC=O)C[C@@H]4C[C@H](O)CC[C@]4(C)[C@H]3C[C@H](OC=O)[C@]12C. The second-order valence-corrected chi connectivity index (χ2v) is 14.0. The summed E-state index contributed by atoms with van der Waals surface area (Å²) in [5, 5.41) is 21.5. The van der Waals surface area contributed by atoms with E-state index >= 15 is 0 Å². The highest BCUT2D eigenvalue weighted by Crippen LogP contribution is 2.69. The lowest BCUT2D eigenvalue weighted by molar-refractivity contribution is -0.217. The lowest BCUT2D eigenvalue weighted by Crippen LogP contribution is -2.63. The first-order chi connectivity index (χ1) is 20.5. The molecule has 0 spiro atoms. The van der Waals surface area contributed by atoms with Gasteiger partial charge in [0.25, 0.3) is 12.9 Å². The van der Waals surface area contributed by atoms with Gasteiger partial charge >= 0.3 is 11.9 Å². The molecule has 0 unspecified atom stereocenters. The van der Waals surface area contributed by atoms with Crippen LogP contribution in [-0.4, -0.2) is 72.7 Å². The molecular formula is C33H52O10. The third kappa shape index (κ3) is 6.20. The highest BCUT2D eigenvalue weighted by Gasteiger charge is 2.67. The number of rotatable bonds is 13. The average molecular weight is 609 g/mol. The Hall–Kier alpha value is -2.20. The van der Waals surface area contributed by atoms with Gasteiger partial charge < -0.3 is 29.2 Å². The molecule has 0 aromatic rings. The largest absolute Gasteiger partial charge is 0.465 e. The molecule has 4 fully saturated rings. The van der Waals surface area contributed by atoms with E-state index in [1.165, 1.54) is 0 Å². The molecule has 4 aliphatic carbocycles. The minimum atomic E-state index is -1.40. The topological polar surface area (TPSA) is 146 Å². The number of esters is 2. The zero-order chi connectivity index (χ0) is 31.5. The smallest absolute Gasteiger partial charge is 0.323 e. The van der Waals surface area contributed by atoms with Crippen molar-refractivity contribution in [3.05, 3.63) is 0 Å². The van der Waals surface area contributed by atoms with Crippen LogP contribution >= 0.6 is 0 Å². The summed E-state index contributed by atoms with van der Waals surface area (Å²) in [6.45, 7) is 11.3. The first-order valence-electron chi connectivity index (χ1n) is 16.3. The fourth-order valence-corrected chi connectivity index (χ4v) is 10.2. The Morgan fingerprint density at radius 2 is 1.56 bits per heavy atom. The van der Waals surface area contributed by atoms with Gasteiger partial charge in [-0.2, -0.15) is 0 Å². The zero-order valence-corrected chi connectivity index (χ0v) is 26.4. The van der Waals surface area contributed by atoms with Gasteiger partial charge in [-0.3, -0.25) is 19.2 Å². The van der Waals surface area contributed by atoms with Gasteiger partial charge in [0.05, 0.1) is 25.4 Å². The summed E-state index contributed by atoms with van der Waals surface area (Å²) in [7, 11) is 0. The Labute approximate surface area is 255 Å². The number of carbonyl (C=O) groups is 4. The van der Waals surface area contributed by atoms with Crippen LogP contribution in [0.4, 0.5) is 0 Å². The van der Waals surface area contributed by atoms with Crippen LogP contribution in [0.2, 0.25) is 0 Å². The summed E-state index contributed by atoms with van der Waals surface area (Å²) in [4.78, 5) is 48.7. The maximum atomic E-state index is 12.5. The minimum absolute atomic E-state index is 0.0402. The van der Waals surface area contributed by atoms with Gasteiger partial charge in [-0.1, -0.05) is 20.8 Å². The van der Waals surface area contributed by atoms with Crippen molar-refractivity contribution in [1.29, 1.82) is 0 Å². The van der Waals surface area contributed by atoms with Gasteiger partial charge in [-0.15, -0.1) is 0 Å². The van der Waals surface area contributed by atoms with Crippen LogP contribution in [0.5, 0.6) is 0 Å². The number of ether oxygens (including phenoxy) is 4. The second kappa shape index (κ2) is 13.8. The molecule has 0 bridgehead atoms. The van der Waals surface area contributed by atoms with E-state index in [0.29, 0.717) is 32.2 Å². The standard InChI is InChI=1S/C33H52O10/c1-6-40-30(38)29(31(39)41-7-2)25(37)11-8-19(3)22-9-10-23-28-24(16-27(43-18-35)33(22,23)5)32(4)13-12-21(36)14-20(32)15-26(28)42-17-34/h17-29,36-37H,6-16H2,1-5H3/t19-,20+,21-,22-,23+,24+,25-,26-,27+,28+,32+,33-/m1/s1. The molecule has 10 nitrogen and oxygen atoms in total. The summed E-state index contributed by atoms with van der Waals surface area (Å²) in [5.74, 6) is -2.02. The molecule has 12 atom stereocenters. The molecule has 0 radical (unpaired) electrons. The predicted molar refractivity (Wildman–Crippen MR) is 155 cm³/mol. The molecule has 0 aromatic heterocycles. The van der Waals surface area contributed by atoms with E-state index in [9.17, 15) is 29.4 Å². The molecule has 0 aromatic carbocycles. The van der Waals surface area contributed by atoms with Crippen LogP contribution in [0, 0.1) is 52.3 Å². The maximum Gasteiger partial charge on any atom is 0.323 e. The molecule has 43 heavy (non-hydrogen) atoms. The van der Waals surface area contributed by atoms with Gasteiger partial charge in [0.1, 0.15) is 12.2 Å². The fourth-order valence-electron chi connectivity index (χ4n) is 10.2. The molecule has 0 aliphatic heterocycles. The van der Waals surface area contributed by atoms with Crippen molar-refractivity contribution in [1.82, 2.24) is 0 Å². The van der Waals surface area contributed by atoms with Gasteiger partial charge in [0, 0.05) is 11.3 Å². The van der Waals surface area contributed by atoms with E-state index in [1.807, 2.05) is 0 Å². The Morgan fingerprint density at radius 1 is 0.907 bits per heavy atom. The van der Waals surface area contributed by atoms with Crippen molar-refractivity contribution in [2.45, 2.75) is 117 Å². The van der Waals surface area contributed by atoms with E-state index in [2.05, 4.69) is 20.8 Å². The Morgan fingerprint density at radius 3 is 2.16 bits per heavy atom. The first-order valence-corrected chi connectivity index (χ1v) is 16.3. The van der Waals surface area contributed by atoms with Gasteiger partial charge in [-0.05, 0) is 107 Å². The molecule has 0 heterocycles. The molecule has 4 saturated carbocycles. The van der Waals surface area contributed by atoms with Crippen molar-refractivity contribution in [3.63, 3.8) is 0 Å². The molecule has 4 aliphatic rings. The van der Waals surface area contributed by atoms with Gasteiger partial charge in [-0.25, -0.2) is 0 Å². The third-order valence-corrected chi connectivity index (χ3v) is 12.3. The molecule has 0 saturated heterocycles. The Balaban J connectivity index is 1.57. The molecule has 10 heteroatoms. The van der Waals surface area contributed by atoms with Crippen molar-refractivity contribution < 1.29 is 48.3 Å². The first kappa shape index (κ1) is 33.7. The lowest BCUT2D eigenvalue weighted by atomic mass is 9.43. The fraction of sp³-hybridized carbons (Fsp3) is 0.879. The zero-order valence-electron chi connectivity index (χ0n) is 26.4. The summed E-state index contributed by atoms with van der Waals surface area (Å²) in [6, 6.07) is 0. The van der Waals surface area contributed by atoms with Crippen molar-refractivity contribution in [2.24, 2.45) is 52.3 Å². The van der Waals surface area contributed by atoms with Gasteiger partial charge in [0.2, 0.25) is 0 Å². The van der Waals surface area contributed by atoms with E-state index in [1.54, 1.807) is 13.8 Å². The van der Waals surface area contributed by atoms with Crippen LogP contribution in [0.3, 0.4) is 0 Å². The number of fused-ring (bicyclic) bond motifs is 5. The number of aliphatic hydroxyl groups is 2. The van der Waals surface area contributed by atoms with Gasteiger partial charge in [0.15, 0.2) is 5.92 Å². The predicted octanol–water partition coefficient (Wildman–Crippen LogP) is 3.83. The third-order valence-electron chi connectivity index (χ3n) is 12.3. The monoisotopic (exact) mass is 608 g/mol. The lowest BCUT2D eigenvalue weighted by Gasteiger charge is -2.64. The van der Waals surface area contributed by atoms with Crippen LogP contribution in [0.1, 0.15) is 92.4 Å². The highest BCUT2D eigenvalue weighted by molar-refractivity contribution is 5.95. The van der Waals surface area contributed by atoms with Crippen LogP contribution in [0.15, 0.2) is 0 Å². The van der Waals surface area contributed by atoms with E-state index in [4.69, 9.17) is 18.9 Å². The Bertz CT molecular complexity index is 984. The second-order valence-electron chi connectivity index (χ2n) is 14.0. The van der Waals surface area contributed by atoms with Crippen LogP contribution < -0.4 is 0 Å². The van der Waals surface area contributed by atoms with Crippen molar-refractivity contribution in [2.75, 3.05) is 13.2 Å². The average Bonchev–Trinajstić information content (AvgIpc) is 3.32. The summed E-state index contributed by atoms with van der Waals surface area (Å²) >= 11 is 0. The minimum Gasteiger partial charge on any atom is -0.465 e. The van der Waals surface area contributed by atoms with E-state index < -0.39 is 24.0 Å². The summed E-state index contributed by atoms with van der Waals surface area (Å²) in [6.07, 6.45) is 4.15. The quantitative estimate of drug-likeness (QED) is 0.137. The normalized spacial score (nSPS) is 39.8.